The number of ketones is 1. The summed E-state index contributed by atoms with van der Waals surface area (Å²) in [6.07, 6.45) is 0.674. The second-order valence-electron chi connectivity index (χ2n) is 8.12. The Morgan fingerprint density at radius 1 is 1.16 bits per heavy atom. The first kappa shape index (κ1) is 23.7. The predicted octanol–water partition coefficient (Wildman–Crippen LogP) is 5.22. The first-order valence-electron chi connectivity index (χ1n) is 10.6. The summed E-state index contributed by atoms with van der Waals surface area (Å²) in [6, 6.07) is 11.3. The Morgan fingerprint density at radius 3 is 2.41 bits per heavy atom. The number of aliphatic hydroxyl groups is 1. The van der Waals surface area contributed by atoms with Crippen LogP contribution in [0.5, 0.6) is 11.5 Å². The maximum atomic E-state index is 13.0. The summed E-state index contributed by atoms with van der Waals surface area (Å²) in [5.41, 5.74) is 1.10. The molecular weight excluding hydrogens is 430 g/mol. The molecule has 2 aromatic rings. The summed E-state index contributed by atoms with van der Waals surface area (Å²) in [5.74, 6) is -0.0644. The Labute approximate surface area is 193 Å². The van der Waals surface area contributed by atoms with Crippen molar-refractivity contribution in [1.29, 1.82) is 0 Å². The summed E-state index contributed by atoms with van der Waals surface area (Å²) < 4.78 is 10.9. The highest BCUT2D eigenvalue weighted by Crippen LogP contribution is 2.40. The number of carbonyl (C=O) groups excluding carboxylic acids is 2. The van der Waals surface area contributed by atoms with Gasteiger partial charge in [-0.1, -0.05) is 44.5 Å². The minimum atomic E-state index is -0.715. The highest BCUT2D eigenvalue weighted by molar-refractivity contribution is 6.46. The summed E-state index contributed by atoms with van der Waals surface area (Å²) in [7, 11) is 1.49. The average Bonchev–Trinajstić information content (AvgIpc) is 3.02. The van der Waals surface area contributed by atoms with E-state index in [0.29, 0.717) is 47.6 Å². The van der Waals surface area contributed by atoms with Gasteiger partial charge in [-0.3, -0.25) is 9.59 Å². The maximum Gasteiger partial charge on any atom is 0.295 e. The Balaban J connectivity index is 2.06. The lowest BCUT2D eigenvalue weighted by Gasteiger charge is -2.25. The van der Waals surface area contributed by atoms with Gasteiger partial charge in [0.15, 0.2) is 0 Å². The molecule has 0 aliphatic carbocycles. The molecule has 0 saturated carbocycles. The number of Topliss-reactive ketones (excluding diaryl/α,β-unsaturated/α-hetero) is 1. The third-order valence-corrected chi connectivity index (χ3v) is 5.50. The highest BCUT2D eigenvalue weighted by atomic mass is 35.5. The Morgan fingerprint density at radius 2 is 1.84 bits per heavy atom. The third kappa shape index (κ3) is 4.75. The van der Waals surface area contributed by atoms with Gasteiger partial charge in [-0.2, -0.15) is 0 Å². The molecule has 3 rings (SSSR count). The number of rotatable bonds is 8. The van der Waals surface area contributed by atoms with E-state index in [1.165, 1.54) is 18.1 Å². The van der Waals surface area contributed by atoms with E-state index < -0.39 is 17.7 Å². The lowest BCUT2D eigenvalue weighted by Crippen LogP contribution is -2.30. The minimum absolute atomic E-state index is 0.0422. The zero-order valence-electron chi connectivity index (χ0n) is 18.7. The Kier molecular flexibility index (Phi) is 7.46. The van der Waals surface area contributed by atoms with Gasteiger partial charge in [0.1, 0.15) is 17.3 Å². The molecule has 7 heteroatoms. The number of nitrogens with zero attached hydrogens (tertiary/aromatic N) is 1. The minimum Gasteiger partial charge on any atom is -0.507 e. The first-order chi connectivity index (χ1) is 15.3. The van der Waals surface area contributed by atoms with Crippen molar-refractivity contribution in [1.82, 2.24) is 4.90 Å². The Bertz CT molecular complexity index is 1030. The lowest BCUT2D eigenvalue weighted by atomic mass is 9.95. The molecule has 1 aliphatic heterocycles. The molecule has 1 atom stereocenters. The van der Waals surface area contributed by atoms with Crippen molar-refractivity contribution < 1.29 is 24.2 Å². The molecule has 170 valence electrons. The van der Waals surface area contributed by atoms with Crippen LogP contribution in [0.4, 0.5) is 0 Å². The number of hydrogen-bond donors (Lipinski definition) is 1. The molecule has 6 nitrogen and oxygen atoms in total. The molecule has 32 heavy (non-hydrogen) atoms. The van der Waals surface area contributed by atoms with Crippen LogP contribution in [0.25, 0.3) is 5.76 Å². The Hall–Kier alpha value is -2.99. The van der Waals surface area contributed by atoms with Crippen LogP contribution in [0.1, 0.15) is 44.4 Å². The predicted molar refractivity (Wildman–Crippen MR) is 124 cm³/mol. The van der Waals surface area contributed by atoms with E-state index in [-0.39, 0.29) is 11.3 Å². The quantitative estimate of drug-likeness (QED) is 0.334. The topological polar surface area (TPSA) is 76.1 Å². The normalized spacial score (nSPS) is 17.8. The summed E-state index contributed by atoms with van der Waals surface area (Å²) in [4.78, 5) is 27.3. The number of amides is 1. The van der Waals surface area contributed by atoms with Crippen molar-refractivity contribution in [2.24, 2.45) is 5.92 Å². The number of likely N-dealkylation sites (tertiary alicyclic amines) is 1. The molecule has 1 unspecified atom stereocenters. The van der Waals surface area contributed by atoms with E-state index in [4.69, 9.17) is 21.1 Å². The number of ether oxygens (including phenoxy) is 2. The van der Waals surface area contributed by atoms with Crippen LogP contribution in [0, 0.1) is 5.92 Å². The van der Waals surface area contributed by atoms with E-state index in [1.807, 2.05) is 31.2 Å². The number of aliphatic hydroxyl groups excluding tert-OH is 1. The third-order valence-electron chi connectivity index (χ3n) is 5.21. The fraction of sp³-hybridized carbons (Fsp3) is 0.360. The van der Waals surface area contributed by atoms with E-state index in [0.717, 1.165) is 5.56 Å². The second-order valence-corrected chi connectivity index (χ2v) is 8.52. The molecule has 1 fully saturated rings. The zero-order valence-corrected chi connectivity index (χ0v) is 19.5. The van der Waals surface area contributed by atoms with Gasteiger partial charge >= 0.3 is 0 Å². The molecular formula is C25H28ClNO5. The van der Waals surface area contributed by atoms with Gasteiger partial charge in [0.05, 0.1) is 30.4 Å². The van der Waals surface area contributed by atoms with Crippen molar-refractivity contribution in [2.45, 2.75) is 33.2 Å². The molecule has 1 aliphatic rings. The van der Waals surface area contributed by atoms with Gasteiger partial charge in [-0.05, 0) is 48.2 Å². The van der Waals surface area contributed by atoms with Gasteiger partial charge in [0.2, 0.25) is 0 Å². The molecule has 1 heterocycles. The van der Waals surface area contributed by atoms with Crippen molar-refractivity contribution >= 4 is 29.1 Å². The van der Waals surface area contributed by atoms with Crippen LogP contribution < -0.4 is 9.47 Å². The largest absolute Gasteiger partial charge is 0.507 e. The maximum absolute atomic E-state index is 13.0. The van der Waals surface area contributed by atoms with Crippen LogP contribution in [0.15, 0.2) is 48.0 Å². The standard InChI is InChI=1S/C25H28ClNO5/c1-5-12-27-22(16-6-9-18(10-7-16)32-14-15(2)3)21(24(29)25(27)30)23(28)17-8-11-20(31-4)19(26)13-17/h6-11,13,15,22,28H,5,12,14H2,1-4H3/b23-21-. The number of halogens is 1. The lowest BCUT2D eigenvalue weighted by molar-refractivity contribution is -0.139. The fourth-order valence-corrected chi connectivity index (χ4v) is 3.93. The van der Waals surface area contributed by atoms with Crippen LogP contribution in [-0.4, -0.2) is 42.0 Å². The number of methoxy groups -OCH3 is 1. The molecule has 2 aromatic carbocycles. The summed E-state index contributed by atoms with van der Waals surface area (Å²) in [5, 5.41) is 11.4. The van der Waals surface area contributed by atoms with Crippen LogP contribution in [0.3, 0.4) is 0 Å². The number of hydrogen-bond acceptors (Lipinski definition) is 5. The molecule has 0 radical (unpaired) electrons. The molecule has 1 saturated heterocycles. The highest BCUT2D eigenvalue weighted by Gasteiger charge is 2.45. The van der Waals surface area contributed by atoms with Gasteiger partial charge in [0.25, 0.3) is 11.7 Å². The van der Waals surface area contributed by atoms with E-state index >= 15 is 0 Å². The van der Waals surface area contributed by atoms with Crippen molar-refractivity contribution in [3.63, 3.8) is 0 Å². The van der Waals surface area contributed by atoms with Gasteiger partial charge in [-0.25, -0.2) is 0 Å². The first-order valence-corrected chi connectivity index (χ1v) is 11.0. The molecule has 0 bridgehead atoms. The van der Waals surface area contributed by atoms with E-state index in [9.17, 15) is 14.7 Å². The van der Waals surface area contributed by atoms with Crippen LogP contribution >= 0.6 is 11.6 Å². The summed E-state index contributed by atoms with van der Waals surface area (Å²) >= 11 is 6.21. The number of benzene rings is 2. The molecule has 1 amide bonds. The zero-order chi connectivity index (χ0) is 23.4. The molecule has 0 spiro atoms. The average molecular weight is 458 g/mol. The summed E-state index contributed by atoms with van der Waals surface area (Å²) in [6.45, 7) is 7.05. The van der Waals surface area contributed by atoms with Gasteiger partial charge in [0, 0.05) is 12.1 Å². The molecule has 1 N–H and O–H groups in total. The van der Waals surface area contributed by atoms with Crippen molar-refractivity contribution in [3.8, 4) is 11.5 Å². The second kappa shape index (κ2) is 10.1. The van der Waals surface area contributed by atoms with Crippen molar-refractivity contribution in [3.05, 3.63) is 64.2 Å². The van der Waals surface area contributed by atoms with Crippen molar-refractivity contribution in [2.75, 3.05) is 20.3 Å². The smallest absolute Gasteiger partial charge is 0.295 e. The fourth-order valence-electron chi connectivity index (χ4n) is 3.68. The van der Waals surface area contributed by atoms with Crippen LogP contribution in [-0.2, 0) is 9.59 Å². The number of carbonyl (C=O) groups is 2. The van der Waals surface area contributed by atoms with E-state index in [1.54, 1.807) is 12.1 Å². The van der Waals surface area contributed by atoms with E-state index in [2.05, 4.69) is 13.8 Å². The van der Waals surface area contributed by atoms with Gasteiger partial charge in [-0.15, -0.1) is 0 Å². The van der Waals surface area contributed by atoms with Gasteiger partial charge < -0.3 is 19.5 Å². The SMILES string of the molecule is CCCN1C(=O)C(=O)/C(=C(\O)c2ccc(OC)c(Cl)c2)C1c1ccc(OCC(C)C)cc1. The van der Waals surface area contributed by atoms with Crippen LogP contribution in [0.2, 0.25) is 5.02 Å². The monoisotopic (exact) mass is 457 g/mol. The molecule has 0 aromatic heterocycles.